The largest absolute Gasteiger partial charge is 0.370 e. The lowest BCUT2D eigenvalue weighted by molar-refractivity contribution is 0.438. The van der Waals surface area contributed by atoms with Crippen LogP contribution in [-0.2, 0) is 6.54 Å². The van der Waals surface area contributed by atoms with E-state index in [9.17, 15) is 0 Å². The summed E-state index contributed by atoms with van der Waals surface area (Å²) < 4.78 is 0. The van der Waals surface area contributed by atoms with Crippen molar-refractivity contribution in [2.45, 2.75) is 26.3 Å². The molecular formula is C13H21N3. The number of nitrogens with zero attached hydrogens (tertiary/aromatic N) is 2. The van der Waals surface area contributed by atoms with Gasteiger partial charge in [-0.15, -0.1) is 0 Å². The van der Waals surface area contributed by atoms with Crippen LogP contribution in [0.2, 0.25) is 0 Å². The first-order valence-electron chi connectivity index (χ1n) is 6.14. The van der Waals surface area contributed by atoms with Gasteiger partial charge in [-0.05, 0) is 37.9 Å². The van der Waals surface area contributed by atoms with Gasteiger partial charge in [0.2, 0.25) is 0 Å². The van der Waals surface area contributed by atoms with Gasteiger partial charge in [0, 0.05) is 19.6 Å². The molecule has 16 heavy (non-hydrogen) atoms. The molecule has 3 nitrogen and oxygen atoms in total. The summed E-state index contributed by atoms with van der Waals surface area (Å²) >= 11 is 0. The third-order valence-corrected chi connectivity index (χ3v) is 3.32. The average molecular weight is 219 g/mol. The van der Waals surface area contributed by atoms with Crippen LogP contribution in [0, 0.1) is 5.92 Å². The van der Waals surface area contributed by atoms with Gasteiger partial charge in [0.1, 0.15) is 0 Å². The summed E-state index contributed by atoms with van der Waals surface area (Å²) in [5.74, 6) is 0.882. The molecule has 1 aromatic rings. The van der Waals surface area contributed by atoms with Gasteiger partial charge in [0.05, 0.1) is 17.6 Å². The Balaban J connectivity index is 1.98. The number of anilines is 1. The Morgan fingerprint density at radius 1 is 1.38 bits per heavy atom. The van der Waals surface area contributed by atoms with E-state index < -0.39 is 0 Å². The van der Waals surface area contributed by atoms with Gasteiger partial charge in [-0.3, -0.25) is 4.98 Å². The van der Waals surface area contributed by atoms with E-state index >= 15 is 0 Å². The maximum Gasteiger partial charge on any atom is 0.0552 e. The Labute approximate surface area is 97.9 Å². The molecule has 0 unspecified atom stereocenters. The van der Waals surface area contributed by atoms with Crippen molar-refractivity contribution >= 4 is 5.69 Å². The van der Waals surface area contributed by atoms with Crippen molar-refractivity contribution in [2.75, 3.05) is 25.0 Å². The number of aromatic nitrogens is 1. The maximum atomic E-state index is 4.46. The van der Waals surface area contributed by atoms with Crippen molar-refractivity contribution in [2.24, 2.45) is 5.92 Å². The van der Waals surface area contributed by atoms with Gasteiger partial charge in [0.15, 0.2) is 0 Å². The standard InChI is InChI=1S/C13H21N3/c1-11-5-7-16(8-6-11)13-4-3-12(9-14-2)15-10-13/h3-4,10-11,14H,5-9H2,1-2H3. The highest BCUT2D eigenvalue weighted by Gasteiger charge is 2.15. The van der Waals surface area contributed by atoms with E-state index in [0.717, 1.165) is 18.2 Å². The lowest BCUT2D eigenvalue weighted by Crippen LogP contribution is -2.32. The first kappa shape index (κ1) is 11.4. The third-order valence-electron chi connectivity index (χ3n) is 3.32. The molecule has 3 heteroatoms. The minimum absolute atomic E-state index is 0.845. The molecule has 1 N–H and O–H groups in total. The lowest BCUT2D eigenvalue weighted by atomic mass is 9.99. The van der Waals surface area contributed by atoms with Crippen LogP contribution >= 0.6 is 0 Å². The van der Waals surface area contributed by atoms with Gasteiger partial charge in [-0.1, -0.05) is 6.92 Å². The smallest absolute Gasteiger partial charge is 0.0552 e. The predicted octanol–water partition coefficient (Wildman–Crippen LogP) is 2.04. The molecule has 1 fully saturated rings. The lowest BCUT2D eigenvalue weighted by Gasteiger charge is -2.31. The summed E-state index contributed by atoms with van der Waals surface area (Å²) in [5, 5.41) is 3.11. The second kappa shape index (κ2) is 5.30. The summed E-state index contributed by atoms with van der Waals surface area (Å²) in [5.41, 5.74) is 2.38. The van der Waals surface area contributed by atoms with Crippen molar-refractivity contribution in [3.63, 3.8) is 0 Å². The summed E-state index contributed by atoms with van der Waals surface area (Å²) in [7, 11) is 1.95. The zero-order valence-electron chi connectivity index (χ0n) is 10.2. The minimum Gasteiger partial charge on any atom is -0.370 e. The highest BCUT2D eigenvalue weighted by molar-refractivity contribution is 5.44. The zero-order chi connectivity index (χ0) is 11.4. The molecule has 0 radical (unpaired) electrons. The van der Waals surface area contributed by atoms with E-state index in [2.05, 4.69) is 34.3 Å². The van der Waals surface area contributed by atoms with Gasteiger partial charge in [-0.2, -0.15) is 0 Å². The van der Waals surface area contributed by atoms with Crippen LogP contribution in [0.1, 0.15) is 25.5 Å². The fourth-order valence-electron chi connectivity index (χ4n) is 2.16. The molecule has 88 valence electrons. The molecule has 1 saturated heterocycles. The molecule has 1 aliphatic rings. The summed E-state index contributed by atoms with van der Waals surface area (Å²) in [6, 6.07) is 4.31. The van der Waals surface area contributed by atoms with Crippen LogP contribution in [0.15, 0.2) is 18.3 Å². The van der Waals surface area contributed by atoms with Gasteiger partial charge < -0.3 is 10.2 Å². The van der Waals surface area contributed by atoms with Crippen LogP contribution < -0.4 is 10.2 Å². The molecule has 0 saturated carbocycles. The molecular weight excluding hydrogens is 198 g/mol. The monoisotopic (exact) mass is 219 g/mol. The van der Waals surface area contributed by atoms with Crippen LogP contribution in [0.3, 0.4) is 0 Å². The summed E-state index contributed by atoms with van der Waals surface area (Å²) in [6.45, 7) is 5.53. The summed E-state index contributed by atoms with van der Waals surface area (Å²) in [6.07, 6.45) is 4.61. The van der Waals surface area contributed by atoms with Crippen LogP contribution in [0.5, 0.6) is 0 Å². The van der Waals surface area contributed by atoms with Crippen LogP contribution in [-0.4, -0.2) is 25.1 Å². The number of piperidine rings is 1. The van der Waals surface area contributed by atoms with Crippen molar-refractivity contribution in [3.05, 3.63) is 24.0 Å². The fraction of sp³-hybridized carbons (Fsp3) is 0.615. The Morgan fingerprint density at radius 3 is 2.69 bits per heavy atom. The third kappa shape index (κ3) is 2.73. The van der Waals surface area contributed by atoms with Crippen molar-refractivity contribution in [1.29, 1.82) is 0 Å². The molecule has 0 aliphatic carbocycles. The van der Waals surface area contributed by atoms with E-state index in [0.29, 0.717) is 0 Å². The Kier molecular flexibility index (Phi) is 3.78. The average Bonchev–Trinajstić information content (AvgIpc) is 2.32. The number of hydrogen-bond acceptors (Lipinski definition) is 3. The van der Waals surface area contributed by atoms with Crippen molar-refractivity contribution < 1.29 is 0 Å². The quantitative estimate of drug-likeness (QED) is 0.843. The molecule has 2 rings (SSSR count). The predicted molar refractivity (Wildman–Crippen MR) is 67.6 cm³/mol. The van der Waals surface area contributed by atoms with Gasteiger partial charge in [-0.25, -0.2) is 0 Å². The Bertz CT molecular complexity index is 312. The topological polar surface area (TPSA) is 28.2 Å². The zero-order valence-corrected chi connectivity index (χ0v) is 10.2. The molecule has 0 spiro atoms. The van der Waals surface area contributed by atoms with Gasteiger partial charge >= 0.3 is 0 Å². The van der Waals surface area contributed by atoms with Crippen LogP contribution in [0.25, 0.3) is 0 Å². The highest BCUT2D eigenvalue weighted by Crippen LogP contribution is 2.22. The highest BCUT2D eigenvalue weighted by atomic mass is 15.1. The fourth-order valence-corrected chi connectivity index (χ4v) is 2.16. The summed E-state index contributed by atoms with van der Waals surface area (Å²) in [4.78, 5) is 6.90. The first-order chi connectivity index (χ1) is 7.79. The van der Waals surface area contributed by atoms with E-state index in [-0.39, 0.29) is 0 Å². The number of rotatable bonds is 3. The van der Waals surface area contributed by atoms with Crippen LogP contribution in [0.4, 0.5) is 5.69 Å². The van der Waals surface area contributed by atoms with E-state index in [1.54, 1.807) is 0 Å². The second-order valence-electron chi connectivity index (χ2n) is 4.71. The first-order valence-corrected chi connectivity index (χ1v) is 6.14. The molecule has 1 aromatic heterocycles. The molecule has 1 aliphatic heterocycles. The SMILES string of the molecule is CNCc1ccc(N2CCC(C)CC2)cn1. The Morgan fingerprint density at radius 2 is 2.12 bits per heavy atom. The minimum atomic E-state index is 0.845. The maximum absolute atomic E-state index is 4.46. The van der Waals surface area contributed by atoms with E-state index in [1.807, 2.05) is 13.2 Å². The normalized spacial score (nSPS) is 17.8. The molecule has 0 amide bonds. The second-order valence-corrected chi connectivity index (χ2v) is 4.71. The van der Waals surface area contributed by atoms with E-state index in [4.69, 9.17) is 0 Å². The van der Waals surface area contributed by atoms with Crippen molar-refractivity contribution in [3.8, 4) is 0 Å². The Hall–Kier alpha value is -1.09. The van der Waals surface area contributed by atoms with Crippen molar-refractivity contribution in [1.82, 2.24) is 10.3 Å². The molecule has 2 heterocycles. The van der Waals surface area contributed by atoms with Gasteiger partial charge in [0.25, 0.3) is 0 Å². The molecule has 0 atom stereocenters. The van der Waals surface area contributed by atoms with E-state index in [1.165, 1.54) is 31.6 Å². The number of pyridine rings is 1. The number of hydrogen-bond donors (Lipinski definition) is 1. The molecule has 0 bridgehead atoms. The molecule has 0 aromatic carbocycles. The number of nitrogens with one attached hydrogen (secondary N) is 1.